The lowest BCUT2D eigenvalue weighted by atomic mass is 9.91. The molecule has 2 fully saturated rings. The number of aromatic nitrogens is 1. The first-order chi connectivity index (χ1) is 12.0. The van der Waals surface area contributed by atoms with Crippen molar-refractivity contribution in [1.29, 1.82) is 0 Å². The van der Waals surface area contributed by atoms with Crippen LogP contribution in [0.4, 0.5) is 19.0 Å². The highest BCUT2D eigenvalue weighted by Crippen LogP contribution is 2.32. The van der Waals surface area contributed by atoms with E-state index in [-0.39, 0.29) is 17.9 Å². The largest absolute Gasteiger partial charge is 0.417 e. The van der Waals surface area contributed by atoms with Gasteiger partial charge in [0.15, 0.2) is 0 Å². The van der Waals surface area contributed by atoms with Gasteiger partial charge in [-0.05, 0) is 44.4 Å². The van der Waals surface area contributed by atoms with Crippen LogP contribution in [0.15, 0.2) is 18.3 Å². The molecule has 4 nitrogen and oxygen atoms in total. The molecule has 0 aromatic carbocycles. The van der Waals surface area contributed by atoms with Crippen LogP contribution >= 0.6 is 0 Å². The van der Waals surface area contributed by atoms with Gasteiger partial charge in [-0.2, -0.15) is 13.2 Å². The summed E-state index contributed by atoms with van der Waals surface area (Å²) in [7, 11) is 0. The fourth-order valence-corrected chi connectivity index (χ4v) is 3.77. The molecule has 138 valence electrons. The maximum atomic E-state index is 13.1. The predicted molar refractivity (Wildman–Crippen MR) is 89.2 cm³/mol. The fraction of sp³-hybridized carbons (Fsp3) is 0.667. The second-order valence-corrected chi connectivity index (χ2v) is 6.95. The van der Waals surface area contributed by atoms with E-state index in [1.54, 1.807) is 4.90 Å². The number of alkyl halides is 3. The standard InChI is InChI=1S/C18H24F3N3O/c19-18(20,21)14-8-9-16(23-12-14)24(15-6-2-1-3-7-15)17(25)13-5-4-10-22-11-13/h8-9,12-13,15,22H,1-7,10-11H2/t13-/m0/s1. The molecule has 25 heavy (non-hydrogen) atoms. The Bertz CT molecular complexity index is 576. The Morgan fingerprint density at radius 3 is 2.44 bits per heavy atom. The molecule has 1 saturated heterocycles. The molecular formula is C18H24F3N3O. The quantitative estimate of drug-likeness (QED) is 0.898. The smallest absolute Gasteiger partial charge is 0.316 e. The van der Waals surface area contributed by atoms with Crippen LogP contribution in [0.1, 0.15) is 50.5 Å². The lowest BCUT2D eigenvalue weighted by Crippen LogP contribution is -2.48. The Kier molecular flexibility index (Phi) is 5.61. The number of hydrogen-bond acceptors (Lipinski definition) is 3. The van der Waals surface area contributed by atoms with Gasteiger partial charge in [-0.25, -0.2) is 4.98 Å². The highest BCUT2D eigenvalue weighted by atomic mass is 19.4. The first kappa shape index (κ1) is 18.2. The summed E-state index contributed by atoms with van der Waals surface area (Å²) in [4.78, 5) is 18.8. The van der Waals surface area contributed by atoms with E-state index in [4.69, 9.17) is 0 Å². The van der Waals surface area contributed by atoms with Gasteiger partial charge in [-0.15, -0.1) is 0 Å². The zero-order chi connectivity index (χ0) is 17.9. The molecule has 1 aromatic heterocycles. The van der Waals surface area contributed by atoms with E-state index in [0.29, 0.717) is 12.4 Å². The summed E-state index contributed by atoms with van der Waals surface area (Å²) in [5.74, 6) is 0.210. The van der Waals surface area contributed by atoms with Gasteiger partial charge in [0.05, 0.1) is 11.5 Å². The van der Waals surface area contributed by atoms with Crippen LogP contribution < -0.4 is 10.2 Å². The number of anilines is 1. The van der Waals surface area contributed by atoms with E-state index in [1.165, 1.54) is 6.07 Å². The summed E-state index contributed by atoms with van der Waals surface area (Å²) in [5, 5.41) is 3.24. The molecule has 1 atom stereocenters. The summed E-state index contributed by atoms with van der Waals surface area (Å²) >= 11 is 0. The normalized spacial score (nSPS) is 22.6. The van der Waals surface area contributed by atoms with Crippen LogP contribution in [0.25, 0.3) is 0 Å². The number of carbonyl (C=O) groups excluding carboxylic acids is 1. The van der Waals surface area contributed by atoms with Gasteiger partial charge < -0.3 is 5.32 Å². The molecule has 1 N–H and O–H groups in total. The molecule has 1 aliphatic heterocycles. The number of piperidine rings is 1. The maximum Gasteiger partial charge on any atom is 0.417 e. The van der Waals surface area contributed by atoms with Gasteiger partial charge >= 0.3 is 6.18 Å². The number of nitrogens with zero attached hydrogens (tertiary/aromatic N) is 2. The van der Waals surface area contributed by atoms with Crippen molar-refractivity contribution in [1.82, 2.24) is 10.3 Å². The zero-order valence-electron chi connectivity index (χ0n) is 14.2. The van der Waals surface area contributed by atoms with Crippen LogP contribution in [0.3, 0.4) is 0 Å². The molecule has 2 heterocycles. The zero-order valence-corrected chi connectivity index (χ0v) is 14.2. The Hall–Kier alpha value is -1.63. The monoisotopic (exact) mass is 355 g/mol. The number of amides is 1. The average molecular weight is 355 g/mol. The molecule has 0 unspecified atom stereocenters. The molecule has 1 aromatic rings. The Labute approximate surface area is 145 Å². The van der Waals surface area contributed by atoms with Crippen molar-refractivity contribution in [2.45, 2.75) is 57.2 Å². The second-order valence-electron chi connectivity index (χ2n) is 6.95. The Balaban J connectivity index is 1.86. The minimum absolute atomic E-state index is 0.00800. The molecule has 0 radical (unpaired) electrons. The van der Waals surface area contributed by atoms with Crippen LogP contribution in [0, 0.1) is 5.92 Å². The van der Waals surface area contributed by atoms with Gasteiger partial charge in [0.1, 0.15) is 5.82 Å². The average Bonchev–Trinajstić information content (AvgIpc) is 2.63. The molecule has 0 spiro atoms. The van der Waals surface area contributed by atoms with E-state index in [0.717, 1.165) is 63.8 Å². The SMILES string of the molecule is O=C([C@H]1CCCNC1)N(c1ccc(C(F)(F)F)cn1)C1CCCCC1. The van der Waals surface area contributed by atoms with Gasteiger partial charge in [-0.1, -0.05) is 19.3 Å². The lowest BCUT2D eigenvalue weighted by molar-refractivity contribution is -0.137. The van der Waals surface area contributed by atoms with Gasteiger partial charge in [0.2, 0.25) is 5.91 Å². The lowest BCUT2D eigenvalue weighted by Gasteiger charge is -2.36. The van der Waals surface area contributed by atoms with Crippen molar-refractivity contribution in [2.24, 2.45) is 5.92 Å². The first-order valence-electron chi connectivity index (χ1n) is 9.04. The fourth-order valence-electron chi connectivity index (χ4n) is 3.77. The van der Waals surface area contributed by atoms with Crippen LogP contribution in [0.2, 0.25) is 0 Å². The highest BCUT2D eigenvalue weighted by Gasteiger charge is 2.35. The minimum atomic E-state index is -4.42. The Morgan fingerprint density at radius 2 is 1.88 bits per heavy atom. The van der Waals surface area contributed by atoms with Gasteiger partial charge in [-0.3, -0.25) is 9.69 Å². The van der Waals surface area contributed by atoms with E-state index in [2.05, 4.69) is 10.3 Å². The van der Waals surface area contributed by atoms with Gasteiger partial charge in [0.25, 0.3) is 0 Å². The van der Waals surface area contributed by atoms with Crippen LogP contribution in [0.5, 0.6) is 0 Å². The van der Waals surface area contributed by atoms with E-state index < -0.39 is 11.7 Å². The topological polar surface area (TPSA) is 45.2 Å². The van der Waals surface area contributed by atoms with E-state index in [9.17, 15) is 18.0 Å². The summed E-state index contributed by atoms with van der Waals surface area (Å²) in [6, 6.07) is 2.39. The van der Waals surface area contributed by atoms with Crippen LogP contribution in [-0.4, -0.2) is 30.0 Å². The molecule has 7 heteroatoms. The third kappa shape index (κ3) is 4.32. The van der Waals surface area contributed by atoms with Crippen molar-refractivity contribution >= 4 is 11.7 Å². The molecule has 0 bridgehead atoms. The molecule has 1 saturated carbocycles. The molecule has 3 rings (SSSR count). The van der Waals surface area contributed by atoms with Crippen molar-refractivity contribution in [3.63, 3.8) is 0 Å². The third-order valence-electron chi connectivity index (χ3n) is 5.15. The van der Waals surface area contributed by atoms with Crippen molar-refractivity contribution in [3.8, 4) is 0 Å². The predicted octanol–water partition coefficient (Wildman–Crippen LogP) is 3.77. The van der Waals surface area contributed by atoms with E-state index in [1.807, 2.05) is 0 Å². The first-order valence-corrected chi connectivity index (χ1v) is 9.04. The van der Waals surface area contributed by atoms with Crippen molar-refractivity contribution in [2.75, 3.05) is 18.0 Å². The highest BCUT2D eigenvalue weighted by molar-refractivity contribution is 5.95. The molecule has 1 aliphatic carbocycles. The van der Waals surface area contributed by atoms with Crippen molar-refractivity contribution < 1.29 is 18.0 Å². The van der Waals surface area contributed by atoms with Crippen molar-refractivity contribution in [3.05, 3.63) is 23.9 Å². The number of nitrogens with one attached hydrogen (secondary N) is 1. The summed E-state index contributed by atoms with van der Waals surface area (Å²) in [5.41, 5.74) is -0.786. The maximum absolute atomic E-state index is 13.1. The summed E-state index contributed by atoms with van der Waals surface area (Å²) in [6.07, 6.45) is 3.16. The second kappa shape index (κ2) is 7.72. The summed E-state index contributed by atoms with van der Waals surface area (Å²) in [6.45, 7) is 1.54. The number of hydrogen-bond donors (Lipinski definition) is 1. The number of carbonyl (C=O) groups is 1. The minimum Gasteiger partial charge on any atom is -0.316 e. The number of rotatable bonds is 3. The molecule has 2 aliphatic rings. The third-order valence-corrected chi connectivity index (χ3v) is 5.15. The number of pyridine rings is 1. The molecular weight excluding hydrogens is 331 g/mol. The molecule has 1 amide bonds. The Morgan fingerprint density at radius 1 is 1.12 bits per heavy atom. The van der Waals surface area contributed by atoms with Crippen LogP contribution in [-0.2, 0) is 11.0 Å². The summed E-state index contributed by atoms with van der Waals surface area (Å²) < 4.78 is 38.4. The van der Waals surface area contributed by atoms with Gasteiger partial charge in [0, 0.05) is 18.8 Å². The van der Waals surface area contributed by atoms with E-state index >= 15 is 0 Å². The number of halogens is 3.